The van der Waals surface area contributed by atoms with Crippen molar-refractivity contribution in [2.75, 3.05) is 0 Å². The summed E-state index contributed by atoms with van der Waals surface area (Å²) in [5, 5.41) is 10.3. The van der Waals surface area contributed by atoms with Gasteiger partial charge in [0.25, 0.3) is 0 Å². The maximum Gasteiger partial charge on any atom is 0.122 e. The zero-order valence-corrected chi connectivity index (χ0v) is 10.5. The highest BCUT2D eigenvalue weighted by molar-refractivity contribution is 5.44. The molecule has 1 aliphatic carbocycles. The van der Waals surface area contributed by atoms with Gasteiger partial charge in [-0.1, -0.05) is 39.0 Å². The number of rotatable bonds is 4. The van der Waals surface area contributed by atoms with Crippen molar-refractivity contribution in [3.63, 3.8) is 0 Å². The minimum atomic E-state index is 0.450. The standard InChI is InChI=1S/C15H22O/c1-4-10(2)13-6-5-7-14(15(13)16)11(3)12-8-9-12/h5-7,10-12,16H,4,8-9H2,1-3H3/t10-,11-/m1/s1. The Morgan fingerprint density at radius 3 is 2.44 bits per heavy atom. The van der Waals surface area contributed by atoms with Gasteiger partial charge in [-0.15, -0.1) is 0 Å². The molecule has 0 saturated heterocycles. The average Bonchev–Trinajstić information content (AvgIpc) is 3.11. The normalized spacial score (nSPS) is 19.4. The first-order valence-corrected chi connectivity index (χ1v) is 6.46. The van der Waals surface area contributed by atoms with Gasteiger partial charge < -0.3 is 5.11 Å². The molecule has 2 rings (SSSR count). The molecule has 1 nitrogen and oxygen atoms in total. The lowest BCUT2D eigenvalue weighted by Crippen LogP contribution is -2.00. The zero-order chi connectivity index (χ0) is 11.7. The summed E-state index contributed by atoms with van der Waals surface area (Å²) in [5.41, 5.74) is 2.27. The molecule has 1 N–H and O–H groups in total. The first-order valence-electron chi connectivity index (χ1n) is 6.46. The van der Waals surface area contributed by atoms with Gasteiger partial charge in [0.1, 0.15) is 5.75 Å². The van der Waals surface area contributed by atoms with Crippen LogP contribution in [0.1, 0.15) is 63.0 Å². The highest BCUT2D eigenvalue weighted by Crippen LogP contribution is 2.46. The third kappa shape index (κ3) is 2.09. The molecule has 0 spiro atoms. The van der Waals surface area contributed by atoms with Crippen molar-refractivity contribution in [2.24, 2.45) is 5.92 Å². The molecule has 1 aromatic rings. The van der Waals surface area contributed by atoms with Crippen molar-refractivity contribution in [3.8, 4) is 5.75 Å². The minimum absolute atomic E-state index is 0.450. The Bertz CT molecular complexity index is 366. The SMILES string of the molecule is CC[C@@H](C)c1cccc([C@H](C)C2CC2)c1O. The van der Waals surface area contributed by atoms with E-state index in [0.717, 1.165) is 23.5 Å². The van der Waals surface area contributed by atoms with E-state index in [2.05, 4.69) is 39.0 Å². The predicted octanol–water partition coefficient (Wildman–Crippen LogP) is 4.42. The second-order valence-corrected chi connectivity index (χ2v) is 5.22. The molecule has 0 aromatic heterocycles. The number of phenolic OH excluding ortho intramolecular Hbond substituents is 1. The van der Waals surface area contributed by atoms with Crippen LogP contribution >= 0.6 is 0 Å². The molecule has 88 valence electrons. The summed E-state index contributed by atoms with van der Waals surface area (Å²) in [4.78, 5) is 0. The van der Waals surface area contributed by atoms with Crippen LogP contribution in [0.15, 0.2) is 18.2 Å². The van der Waals surface area contributed by atoms with E-state index in [1.54, 1.807) is 0 Å². The Balaban J connectivity index is 2.31. The fourth-order valence-corrected chi connectivity index (χ4v) is 2.42. The van der Waals surface area contributed by atoms with E-state index in [4.69, 9.17) is 0 Å². The summed E-state index contributed by atoms with van der Waals surface area (Å²) < 4.78 is 0. The van der Waals surface area contributed by atoms with Crippen LogP contribution in [-0.4, -0.2) is 5.11 Å². The third-order valence-electron chi connectivity index (χ3n) is 4.06. The van der Waals surface area contributed by atoms with Crippen molar-refractivity contribution < 1.29 is 5.11 Å². The lowest BCUT2D eigenvalue weighted by atomic mass is 9.89. The quantitative estimate of drug-likeness (QED) is 0.793. The second-order valence-electron chi connectivity index (χ2n) is 5.22. The first-order chi connectivity index (χ1) is 7.65. The van der Waals surface area contributed by atoms with Gasteiger partial charge in [-0.2, -0.15) is 0 Å². The number of hydrogen-bond acceptors (Lipinski definition) is 1. The Hall–Kier alpha value is -0.980. The Kier molecular flexibility index (Phi) is 3.22. The average molecular weight is 218 g/mol. The third-order valence-corrected chi connectivity index (χ3v) is 4.06. The highest BCUT2D eigenvalue weighted by Gasteiger charge is 2.30. The van der Waals surface area contributed by atoms with Crippen LogP contribution in [-0.2, 0) is 0 Å². The smallest absolute Gasteiger partial charge is 0.122 e. The summed E-state index contributed by atoms with van der Waals surface area (Å²) in [6.07, 6.45) is 3.73. The lowest BCUT2D eigenvalue weighted by Gasteiger charge is -2.18. The molecule has 1 heteroatoms. The van der Waals surface area contributed by atoms with Crippen LogP contribution in [0.25, 0.3) is 0 Å². The van der Waals surface area contributed by atoms with Crippen molar-refractivity contribution in [1.29, 1.82) is 0 Å². The van der Waals surface area contributed by atoms with E-state index in [-0.39, 0.29) is 0 Å². The molecule has 1 aromatic carbocycles. The molecule has 0 bridgehead atoms. The fraction of sp³-hybridized carbons (Fsp3) is 0.600. The van der Waals surface area contributed by atoms with Crippen LogP contribution in [0, 0.1) is 5.92 Å². The number of benzene rings is 1. The lowest BCUT2D eigenvalue weighted by molar-refractivity contribution is 0.446. The minimum Gasteiger partial charge on any atom is -0.507 e. The van der Waals surface area contributed by atoms with Crippen LogP contribution in [0.3, 0.4) is 0 Å². The summed E-state index contributed by atoms with van der Waals surface area (Å²) in [6, 6.07) is 6.24. The molecule has 0 radical (unpaired) electrons. The molecule has 0 unspecified atom stereocenters. The maximum absolute atomic E-state index is 10.3. The van der Waals surface area contributed by atoms with Crippen LogP contribution in [0.2, 0.25) is 0 Å². The molecule has 1 fully saturated rings. The van der Waals surface area contributed by atoms with Crippen molar-refractivity contribution >= 4 is 0 Å². The van der Waals surface area contributed by atoms with Crippen LogP contribution < -0.4 is 0 Å². The summed E-state index contributed by atoms with van der Waals surface area (Å²) >= 11 is 0. The molecule has 16 heavy (non-hydrogen) atoms. The molecule has 0 amide bonds. The van der Waals surface area contributed by atoms with Gasteiger partial charge in [0.15, 0.2) is 0 Å². The van der Waals surface area contributed by atoms with Crippen LogP contribution in [0.5, 0.6) is 5.75 Å². The first kappa shape index (κ1) is 11.5. The van der Waals surface area contributed by atoms with E-state index >= 15 is 0 Å². The second kappa shape index (κ2) is 4.48. The predicted molar refractivity (Wildman–Crippen MR) is 68.0 cm³/mol. The zero-order valence-electron chi connectivity index (χ0n) is 10.5. The van der Waals surface area contributed by atoms with Gasteiger partial charge in [0.05, 0.1) is 0 Å². The van der Waals surface area contributed by atoms with Gasteiger partial charge in [0, 0.05) is 0 Å². The molecule has 0 aliphatic heterocycles. The number of para-hydroxylation sites is 1. The molecule has 0 heterocycles. The molecular weight excluding hydrogens is 196 g/mol. The molecule has 1 aliphatic rings. The van der Waals surface area contributed by atoms with Crippen molar-refractivity contribution in [3.05, 3.63) is 29.3 Å². The monoisotopic (exact) mass is 218 g/mol. The van der Waals surface area contributed by atoms with Gasteiger partial charge in [-0.3, -0.25) is 0 Å². The molecule has 1 saturated carbocycles. The fourth-order valence-electron chi connectivity index (χ4n) is 2.42. The van der Waals surface area contributed by atoms with Gasteiger partial charge in [-0.25, -0.2) is 0 Å². The molecular formula is C15H22O. The van der Waals surface area contributed by atoms with Crippen LogP contribution in [0.4, 0.5) is 0 Å². The van der Waals surface area contributed by atoms with E-state index in [1.807, 2.05) is 0 Å². The number of aromatic hydroxyl groups is 1. The largest absolute Gasteiger partial charge is 0.507 e. The molecule has 2 atom stereocenters. The highest BCUT2D eigenvalue weighted by atomic mass is 16.3. The van der Waals surface area contributed by atoms with E-state index in [9.17, 15) is 5.11 Å². The van der Waals surface area contributed by atoms with E-state index in [1.165, 1.54) is 12.8 Å². The van der Waals surface area contributed by atoms with Gasteiger partial charge in [0.2, 0.25) is 0 Å². The Morgan fingerprint density at radius 2 is 1.88 bits per heavy atom. The maximum atomic E-state index is 10.3. The summed E-state index contributed by atoms with van der Waals surface area (Å²) in [5.74, 6) is 2.32. The van der Waals surface area contributed by atoms with Crippen molar-refractivity contribution in [1.82, 2.24) is 0 Å². The summed E-state index contributed by atoms with van der Waals surface area (Å²) in [6.45, 7) is 6.59. The van der Waals surface area contributed by atoms with Gasteiger partial charge >= 0.3 is 0 Å². The Labute approximate surface area is 98.5 Å². The number of phenols is 1. The Morgan fingerprint density at radius 1 is 1.25 bits per heavy atom. The van der Waals surface area contributed by atoms with E-state index in [0.29, 0.717) is 17.6 Å². The summed E-state index contributed by atoms with van der Waals surface area (Å²) in [7, 11) is 0. The van der Waals surface area contributed by atoms with Gasteiger partial charge in [-0.05, 0) is 48.1 Å². The van der Waals surface area contributed by atoms with Crippen molar-refractivity contribution in [2.45, 2.75) is 51.9 Å². The topological polar surface area (TPSA) is 20.2 Å². The number of hydrogen-bond donors (Lipinski definition) is 1. The van der Waals surface area contributed by atoms with E-state index < -0.39 is 0 Å².